The van der Waals surface area contributed by atoms with Crippen LogP contribution in [0.15, 0.2) is 23.2 Å². The molecule has 3 N–H and O–H groups in total. The van der Waals surface area contributed by atoms with Crippen LogP contribution in [0.5, 0.6) is 5.75 Å². The van der Waals surface area contributed by atoms with Crippen LogP contribution in [0.1, 0.15) is 11.3 Å². The molecule has 0 unspecified atom stereocenters. The van der Waals surface area contributed by atoms with Gasteiger partial charge in [-0.2, -0.15) is 0 Å². The molecule has 0 atom stereocenters. The van der Waals surface area contributed by atoms with Crippen LogP contribution in [0.3, 0.4) is 0 Å². The van der Waals surface area contributed by atoms with Crippen LogP contribution in [0.25, 0.3) is 10.9 Å². The van der Waals surface area contributed by atoms with Gasteiger partial charge in [0.15, 0.2) is 5.84 Å². The molecule has 0 saturated heterocycles. The minimum atomic E-state index is -1.75. The van der Waals surface area contributed by atoms with Gasteiger partial charge >= 0.3 is 0 Å². The second-order valence-electron chi connectivity index (χ2n) is 4.91. The average Bonchev–Trinajstić information content (AvgIpc) is 3.07. The zero-order valence-corrected chi connectivity index (χ0v) is 12.5. The van der Waals surface area contributed by atoms with Gasteiger partial charge < -0.3 is 25.0 Å². The first kappa shape index (κ1) is 15.8. The number of amidine groups is 1. The van der Waals surface area contributed by atoms with Gasteiger partial charge in [0, 0.05) is 16.6 Å². The molecule has 2 heterocycles. The van der Waals surface area contributed by atoms with Crippen LogP contribution in [-0.4, -0.2) is 36.1 Å². The lowest BCUT2D eigenvalue weighted by Crippen LogP contribution is -2.86. The van der Waals surface area contributed by atoms with Gasteiger partial charge in [0.25, 0.3) is 0 Å². The SMILES string of the molecule is COc1ccc2[nH]c(C)c(CC3=NCC[NH2+]3)c2c1.O=[N+]([O-])[O-]. The second-order valence-corrected chi connectivity index (χ2v) is 4.91. The van der Waals surface area contributed by atoms with Crippen molar-refractivity contribution < 1.29 is 15.1 Å². The number of nitrogens with one attached hydrogen (secondary N) is 1. The molecular formula is C14H18N4O4. The number of aryl methyl sites for hydroxylation is 1. The minimum Gasteiger partial charge on any atom is -0.497 e. The number of methoxy groups -OCH3 is 1. The van der Waals surface area contributed by atoms with Crippen LogP contribution in [-0.2, 0) is 6.42 Å². The van der Waals surface area contributed by atoms with Crippen LogP contribution in [0, 0.1) is 22.2 Å². The van der Waals surface area contributed by atoms with E-state index in [0.717, 1.165) is 25.3 Å². The highest BCUT2D eigenvalue weighted by molar-refractivity contribution is 5.90. The summed E-state index contributed by atoms with van der Waals surface area (Å²) >= 11 is 0. The molecule has 2 aromatic rings. The van der Waals surface area contributed by atoms with Crippen molar-refractivity contribution in [3.05, 3.63) is 44.8 Å². The quantitative estimate of drug-likeness (QED) is 0.642. The average molecular weight is 306 g/mol. The topological polar surface area (TPSA) is 120 Å². The number of benzene rings is 1. The number of fused-ring (bicyclic) bond motifs is 1. The molecule has 0 spiro atoms. The molecule has 0 saturated carbocycles. The summed E-state index contributed by atoms with van der Waals surface area (Å²) in [6, 6.07) is 6.16. The lowest BCUT2D eigenvalue weighted by molar-refractivity contribution is -0.529. The number of nitrogens with two attached hydrogens (primary N) is 1. The normalized spacial score (nSPS) is 13.5. The Labute approximate surface area is 126 Å². The molecule has 3 rings (SSSR count). The van der Waals surface area contributed by atoms with E-state index in [1.807, 2.05) is 6.07 Å². The van der Waals surface area contributed by atoms with Gasteiger partial charge in [-0.05, 0) is 30.7 Å². The zero-order valence-electron chi connectivity index (χ0n) is 12.5. The number of aromatic amines is 1. The van der Waals surface area contributed by atoms with E-state index >= 15 is 0 Å². The summed E-state index contributed by atoms with van der Waals surface area (Å²) in [5.74, 6) is 2.11. The highest BCUT2D eigenvalue weighted by Gasteiger charge is 2.16. The van der Waals surface area contributed by atoms with Crippen molar-refractivity contribution in [3.8, 4) is 5.75 Å². The van der Waals surface area contributed by atoms with Crippen molar-refractivity contribution in [2.45, 2.75) is 13.3 Å². The number of rotatable bonds is 3. The third kappa shape index (κ3) is 3.73. The molecule has 22 heavy (non-hydrogen) atoms. The van der Waals surface area contributed by atoms with Crippen molar-refractivity contribution >= 4 is 16.7 Å². The fraction of sp³-hybridized carbons (Fsp3) is 0.357. The monoisotopic (exact) mass is 306 g/mol. The van der Waals surface area contributed by atoms with Crippen molar-refractivity contribution in [2.24, 2.45) is 4.99 Å². The number of aliphatic imine (C=N–C) groups is 1. The van der Waals surface area contributed by atoms with E-state index in [4.69, 9.17) is 20.1 Å². The number of hydrogen-bond acceptors (Lipinski definition) is 5. The van der Waals surface area contributed by atoms with Crippen molar-refractivity contribution in [1.82, 2.24) is 4.98 Å². The Morgan fingerprint density at radius 3 is 2.77 bits per heavy atom. The summed E-state index contributed by atoms with van der Waals surface area (Å²) in [5, 5.41) is 18.2. The lowest BCUT2D eigenvalue weighted by Gasteiger charge is -2.02. The predicted octanol–water partition coefficient (Wildman–Crippen LogP) is 0.764. The molecule has 0 bridgehead atoms. The number of hydrogen-bond donors (Lipinski definition) is 2. The summed E-state index contributed by atoms with van der Waals surface area (Å²) in [5.41, 5.74) is 3.73. The summed E-state index contributed by atoms with van der Waals surface area (Å²) in [7, 11) is 1.70. The van der Waals surface area contributed by atoms with E-state index in [9.17, 15) is 0 Å². The van der Waals surface area contributed by atoms with Crippen molar-refractivity contribution in [2.75, 3.05) is 20.2 Å². The van der Waals surface area contributed by atoms with Gasteiger partial charge in [-0.25, -0.2) is 4.99 Å². The Bertz CT molecular complexity index is 704. The summed E-state index contributed by atoms with van der Waals surface area (Å²) in [6.45, 7) is 4.15. The lowest BCUT2D eigenvalue weighted by atomic mass is 10.1. The number of nitrogens with zero attached hydrogens (tertiary/aromatic N) is 2. The smallest absolute Gasteiger partial charge is 0.199 e. The largest absolute Gasteiger partial charge is 0.497 e. The molecule has 1 aliphatic heterocycles. The van der Waals surface area contributed by atoms with Gasteiger partial charge in [0.2, 0.25) is 0 Å². The number of aromatic nitrogens is 1. The molecule has 118 valence electrons. The first-order valence-electron chi connectivity index (χ1n) is 6.84. The first-order valence-corrected chi connectivity index (χ1v) is 6.84. The van der Waals surface area contributed by atoms with Crippen LogP contribution in [0.4, 0.5) is 0 Å². The maximum atomic E-state index is 8.25. The highest BCUT2D eigenvalue weighted by atomic mass is 16.9. The van der Waals surface area contributed by atoms with Gasteiger partial charge in [0.1, 0.15) is 12.3 Å². The second kappa shape index (κ2) is 6.90. The summed E-state index contributed by atoms with van der Waals surface area (Å²) < 4.78 is 5.30. The van der Waals surface area contributed by atoms with E-state index < -0.39 is 5.09 Å². The standard InChI is InChI=1S/C14H17N3O.NO3/c1-9-11(8-14-15-5-6-16-14)12-7-10(18-2)3-4-13(12)17-9;2-1(3)4/h3-4,7,17H,5-6,8H2,1-2H3,(H,15,16);/q;-1/p+1. The fourth-order valence-electron chi connectivity index (χ4n) is 2.53. The van der Waals surface area contributed by atoms with Crippen LogP contribution in [0.2, 0.25) is 0 Å². The van der Waals surface area contributed by atoms with Crippen molar-refractivity contribution in [3.63, 3.8) is 0 Å². The molecule has 0 radical (unpaired) electrons. The number of ether oxygens (including phenoxy) is 1. The van der Waals surface area contributed by atoms with E-state index in [-0.39, 0.29) is 0 Å². The molecule has 0 fully saturated rings. The molecule has 0 aliphatic carbocycles. The summed E-state index contributed by atoms with van der Waals surface area (Å²) in [6.07, 6.45) is 0.916. The minimum absolute atomic E-state index is 0.903. The summed E-state index contributed by atoms with van der Waals surface area (Å²) in [4.78, 5) is 16.2. The van der Waals surface area contributed by atoms with Gasteiger partial charge in [-0.15, -0.1) is 0 Å². The molecule has 0 amide bonds. The predicted molar refractivity (Wildman–Crippen MR) is 82.7 cm³/mol. The third-order valence-corrected chi connectivity index (χ3v) is 3.51. The van der Waals surface area contributed by atoms with E-state index in [1.165, 1.54) is 28.0 Å². The highest BCUT2D eigenvalue weighted by Crippen LogP contribution is 2.26. The first-order chi connectivity index (χ1) is 10.5. The van der Waals surface area contributed by atoms with E-state index in [1.54, 1.807) is 7.11 Å². The molecule has 1 aliphatic rings. The maximum absolute atomic E-state index is 8.25. The van der Waals surface area contributed by atoms with Crippen LogP contribution < -0.4 is 10.1 Å². The third-order valence-electron chi connectivity index (χ3n) is 3.51. The Kier molecular flexibility index (Phi) is 4.95. The molecule has 1 aromatic carbocycles. The fourth-order valence-corrected chi connectivity index (χ4v) is 2.53. The zero-order chi connectivity index (χ0) is 16.1. The number of quaternary nitrogens is 1. The Morgan fingerprint density at radius 2 is 2.18 bits per heavy atom. The maximum Gasteiger partial charge on any atom is 0.199 e. The van der Waals surface area contributed by atoms with Gasteiger partial charge in [-0.3, -0.25) is 5.32 Å². The van der Waals surface area contributed by atoms with E-state index in [0.29, 0.717) is 0 Å². The Balaban J connectivity index is 0.000000396. The molecule has 1 aromatic heterocycles. The molecular weight excluding hydrogens is 288 g/mol. The van der Waals surface area contributed by atoms with Crippen molar-refractivity contribution in [1.29, 1.82) is 0 Å². The molecule has 8 nitrogen and oxygen atoms in total. The Hall–Kier alpha value is -2.61. The van der Waals surface area contributed by atoms with E-state index in [2.05, 4.69) is 34.3 Å². The van der Waals surface area contributed by atoms with Gasteiger partial charge in [-0.1, -0.05) is 0 Å². The molecule has 8 heteroatoms. The van der Waals surface area contributed by atoms with Gasteiger partial charge in [0.05, 0.1) is 25.2 Å². The Morgan fingerprint density at radius 1 is 1.45 bits per heavy atom. The number of H-pyrrole nitrogens is 1. The van der Waals surface area contributed by atoms with Crippen LogP contribution >= 0.6 is 0 Å².